The normalized spacial score (nSPS) is 29.0. The Morgan fingerprint density at radius 2 is 2.00 bits per heavy atom. The number of aliphatic hydroxyl groups excluding tert-OH is 1. The third kappa shape index (κ3) is 2.69. The number of aliphatic hydroxyl groups is 1. The molecule has 1 N–H and O–H groups in total. The molecule has 1 rings (SSSR count). The molecule has 0 aromatic heterocycles. The minimum Gasteiger partial charge on any atom is -0.390 e. The number of amides is 1. The van der Waals surface area contributed by atoms with Gasteiger partial charge in [-0.1, -0.05) is 6.92 Å². The Bertz CT molecular complexity index is 338. The van der Waals surface area contributed by atoms with Gasteiger partial charge in [0.2, 0.25) is 5.91 Å². The third-order valence-electron chi connectivity index (χ3n) is 2.66. The molecule has 0 radical (unpaired) electrons. The summed E-state index contributed by atoms with van der Waals surface area (Å²) in [6.45, 7) is 3.94. The zero-order valence-corrected chi connectivity index (χ0v) is 9.83. The summed E-state index contributed by atoms with van der Waals surface area (Å²) in [5.74, 6) is -0.461. The lowest BCUT2D eigenvalue weighted by atomic mass is 10.1. The second kappa shape index (κ2) is 4.49. The van der Waals surface area contributed by atoms with Gasteiger partial charge in [-0.2, -0.15) is 0 Å². The summed E-state index contributed by atoms with van der Waals surface area (Å²) in [4.78, 5) is 13.0. The van der Waals surface area contributed by atoms with Gasteiger partial charge in [0.25, 0.3) is 0 Å². The number of carbonyl (C=O) groups excluding carboxylic acids is 1. The van der Waals surface area contributed by atoms with Crippen molar-refractivity contribution in [3.05, 3.63) is 0 Å². The van der Waals surface area contributed by atoms with Gasteiger partial charge in [0, 0.05) is 13.0 Å². The van der Waals surface area contributed by atoms with Gasteiger partial charge in [0.1, 0.15) is 0 Å². The average Bonchev–Trinajstić information content (AvgIpc) is 2.41. The van der Waals surface area contributed by atoms with E-state index in [-0.39, 0.29) is 17.4 Å². The van der Waals surface area contributed by atoms with Crippen molar-refractivity contribution in [2.75, 3.05) is 18.1 Å². The standard InChI is InChI=1S/C9H17NO4S/c1-3-9(12)10(4-2)7-5-15(13,14)6-8(7)11/h7-8,11H,3-6H2,1-2H3/t7-,8-/m0/s1. The maximum atomic E-state index is 11.5. The number of hydrogen-bond acceptors (Lipinski definition) is 4. The summed E-state index contributed by atoms with van der Waals surface area (Å²) < 4.78 is 22.6. The average molecular weight is 235 g/mol. The lowest BCUT2D eigenvalue weighted by Crippen LogP contribution is -2.46. The van der Waals surface area contributed by atoms with Crippen LogP contribution in [0.2, 0.25) is 0 Å². The van der Waals surface area contributed by atoms with Gasteiger partial charge in [0.05, 0.1) is 23.7 Å². The fraction of sp³-hybridized carbons (Fsp3) is 0.889. The highest BCUT2D eigenvalue weighted by Gasteiger charge is 2.40. The lowest BCUT2D eigenvalue weighted by molar-refractivity contribution is -0.134. The Morgan fingerprint density at radius 1 is 1.40 bits per heavy atom. The molecule has 0 bridgehead atoms. The maximum Gasteiger partial charge on any atom is 0.222 e. The Balaban J connectivity index is 2.83. The van der Waals surface area contributed by atoms with E-state index in [4.69, 9.17) is 0 Å². The van der Waals surface area contributed by atoms with E-state index >= 15 is 0 Å². The highest BCUT2D eigenvalue weighted by atomic mass is 32.2. The van der Waals surface area contributed by atoms with Gasteiger partial charge < -0.3 is 10.0 Å². The number of nitrogens with zero attached hydrogens (tertiary/aromatic N) is 1. The van der Waals surface area contributed by atoms with Crippen LogP contribution in [0.15, 0.2) is 0 Å². The first-order valence-corrected chi connectivity index (χ1v) is 6.91. The molecule has 0 saturated carbocycles. The summed E-state index contributed by atoms with van der Waals surface area (Å²) >= 11 is 0. The Morgan fingerprint density at radius 3 is 2.33 bits per heavy atom. The van der Waals surface area contributed by atoms with E-state index < -0.39 is 22.0 Å². The smallest absolute Gasteiger partial charge is 0.222 e. The Hall–Kier alpha value is -0.620. The van der Waals surface area contributed by atoms with E-state index in [1.165, 1.54) is 4.90 Å². The second-order valence-corrected chi connectivity index (χ2v) is 5.90. The Kier molecular flexibility index (Phi) is 3.72. The topological polar surface area (TPSA) is 74.7 Å². The first-order valence-electron chi connectivity index (χ1n) is 5.09. The molecule has 6 heteroatoms. The van der Waals surface area contributed by atoms with Crippen molar-refractivity contribution in [2.45, 2.75) is 32.4 Å². The molecule has 1 amide bonds. The van der Waals surface area contributed by atoms with E-state index in [1.807, 2.05) is 0 Å². The predicted octanol–water partition coefficient (Wildman–Crippen LogP) is -0.597. The molecule has 15 heavy (non-hydrogen) atoms. The predicted molar refractivity (Wildman–Crippen MR) is 56.1 cm³/mol. The van der Waals surface area contributed by atoms with E-state index in [1.54, 1.807) is 13.8 Å². The van der Waals surface area contributed by atoms with Gasteiger partial charge >= 0.3 is 0 Å². The molecular weight excluding hydrogens is 218 g/mol. The van der Waals surface area contributed by atoms with Crippen LogP contribution in [0.5, 0.6) is 0 Å². The third-order valence-corrected chi connectivity index (χ3v) is 4.36. The van der Waals surface area contributed by atoms with Crippen LogP contribution in [-0.2, 0) is 14.6 Å². The van der Waals surface area contributed by atoms with Crippen LogP contribution in [-0.4, -0.2) is 54.5 Å². The molecule has 1 fully saturated rings. The molecule has 1 aliphatic rings. The van der Waals surface area contributed by atoms with Gasteiger partial charge in [-0.15, -0.1) is 0 Å². The van der Waals surface area contributed by atoms with E-state index in [2.05, 4.69) is 0 Å². The van der Waals surface area contributed by atoms with Crippen LogP contribution in [0.25, 0.3) is 0 Å². The molecule has 1 aliphatic heterocycles. The van der Waals surface area contributed by atoms with Crippen molar-refractivity contribution in [3.8, 4) is 0 Å². The van der Waals surface area contributed by atoms with Crippen molar-refractivity contribution in [2.24, 2.45) is 0 Å². The van der Waals surface area contributed by atoms with Gasteiger partial charge in [0.15, 0.2) is 9.84 Å². The van der Waals surface area contributed by atoms with Crippen molar-refractivity contribution in [1.29, 1.82) is 0 Å². The highest BCUT2D eigenvalue weighted by Crippen LogP contribution is 2.19. The molecule has 5 nitrogen and oxygen atoms in total. The van der Waals surface area contributed by atoms with Crippen LogP contribution in [0.1, 0.15) is 20.3 Å². The van der Waals surface area contributed by atoms with Gasteiger partial charge in [-0.3, -0.25) is 4.79 Å². The summed E-state index contributed by atoms with van der Waals surface area (Å²) in [5.41, 5.74) is 0. The molecule has 2 atom stereocenters. The molecule has 0 aromatic carbocycles. The number of carbonyl (C=O) groups is 1. The molecule has 88 valence electrons. The lowest BCUT2D eigenvalue weighted by Gasteiger charge is -2.28. The number of hydrogen-bond donors (Lipinski definition) is 1. The number of sulfone groups is 1. The molecule has 1 saturated heterocycles. The first-order chi connectivity index (χ1) is 6.91. The van der Waals surface area contributed by atoms with Crippen LogP contribution >= 0.6 is 0 Å². The van der Waals surface area contributed by atoms with Crippen LogP contribution < -0.4 is 0 Å². The first kappa shape index (κ1) is 12.4. The van der Waals surface area contributed by atoms with Gasteiger partial charge in [-0.25, -0.2) is 8.42 Å². The van der Waals surface area contributed by atoms with Crippen molar-refractivity contribution in [3.63, 3.8) is 0 Å². The highest BCUT2D eigenvalue weighted by molar-refractivity contribution is 7.91. The summed E-state index contributed by atoms with van der Waals surface area (Å²) in [6.07, 6.45) is -0.609. The van der Waals surface area contributed by atoms with Crippen LogP contribution in [0.3, 0.4) is 0 Å². The fourth-order valence-electron chi connectivity index (χ4n) is 1.91. The monoisotopic (exact) mass is 235 g/mol. The van der Waals surface area contributed by atoms with Gasteiger partial charge in [-0.05, 0) is 6.92 Å². The SMILES string of the molecule is CCC(=O)N(CC)[C@H]1CS(=O)(=O)C[C@@H]1O. The molecule has 0 aliphatic carbocycles. The zero-order valence-electron chi connectivity index (χ0n) is 9.01. The summed E-state index contributed by atoms with van der Waals surface area (Å²) in [6, 6.07) is -0.563. The minimum absolute atomic E-state index is 0.112. The van der Waals surface area contributed by atoms with Crippen LogP contribution in [0, 0.1) is 0 Å². The van der Waals surface area contributed by atoms with Crippen LogP contribution in [0.4, 0.5) is 0 Å². The van der Waals surface area contributed by atoms with E-state index in [0.717, 1.165) is 0 Å². The minimum atomic E-state index is -3.19. The maximum absolute atomic E-state index is 11.5. The summed E-state index contributed by atoms with van der Waals surface area (Å²) in [5, 5.41) is 9.60. The summed E-state index contributed by atoms with van der Waals surface area (Å²) in [7, 11) is -3.19. The molecule has 0 unspecified atom stereocenters. The van der Waals surface area contributed by atoms with E-state index in [9.17, 15) is 18.3 Å². The number of likely N-dealkylation sites (N-methyl/N-ethyl adjacent to an activating group) is 1. The quantitative estimate of drug-likeness (QED) is 0.709. The van der Waals surface area contributed by atoms with Crippen molar-refractivity contribution >= 4 is 15.7 Å². The second-order valence-electron chi connectivity index (χ2n) is 3.74. The number of rotatable bonds is 3. The Labute approximate surface area is 90.0 Å². The zero-order chi connectivity index (χ0) is 11.6. The van der Waals surface area contributed by atoms with Crippen molar-refractivity contribution in [1.82, 2.24) is 4.90 Å². The van der Waals surface area contributed by atoms with E-state index in [0.29, 0.717) is 13.0 Å². The fourth-order valence-corrected chi connectivity index (χ4v) is 3.71. The molecular formula is C9H17NO4S. The molecule has 1 heterocycles. The largest absolute Gasteiger partial charge is 0.390 e. The molecule has 0 aromatic rings. The molecule has 0 spiro atoms. The van der Waals surface area contributed by atoms with Crippen molar-refractivity contribution < 1.29 is 18.3 Å².